The number of benzene rings is 2. The van der Waals surface area contributed by atoms with Crippen LogP contribution in [0.2, 0.25) is 0 Å². The van der Waals surface area contributed by atoms with E-state index in [-0.39, 0.29) is 43.9 Å². The van der Waals surface area contributed by atoms with Crippen molar-refractivity contribution in [1.29, 1.82) is 0 Å². The standard InChI is InChI=1S/C41H57N7O6/c1-29-18-19-42-24-32(29)26-46-20-21-48(39(46)53)36(40(2,3)4)37(51)44-33(22-30-14-10-8-11-15-30)34(49)27-47(25-31-16-12-9-13-17-31)45-35(50)23-41(5,6)28-43-38(52)54-7/h8-19,24,33-34,36,49H,20-23,25-28H2,1-7H3,(H,43,52)(H,44,51)(H,45,50). The van der Waals surface area contributed by atoms with Gasteiger partial charge in [-0.25, -0.2) is 14.6 Å². The van der Waals surface area contributed by atoms with Gasteiger partial charge >= 0.3 is 12.1 Å². The number of carbonyl (C=O) groups excluding carboxylic acids is 4. The van der Waals surface area contributed by atoms with E-state index < -0.39 is 35.1 Å². The van der Waals surface area contributed by atoms with Crippen molar-refractivity contribution in [2.45, 2.75) is 85.7 Å². The van der Waals surface area contributed by atoms with Crippen LogP contribution in [0, 0.1) is 17.8 Å². The van der Waals surface area contributed by atoms with Gasteiger partial charge in [-0.1, -0.05) is 95.3 Å². The number of hydrogen-bond acceptors (Lipinski definition) is 8. The number of aliphatic hydroxyl groups is 1. The second kappa shape index (κ2) is 18.8. The van der Waals surface area contributed by atoms with Gasteiger partial charge in [0.25, 0.3) is 0 Å². The van der Waals surface area contributed by atoms with Crippen LogP contribution in [-0.2, 0) is 33.8 Å². The monoisotopic (exact) mass is 743 g/mol. The molecule has 2 heterocycles. The van der Waals surface area contributed by atoms with Crippen LogP contribution < -0.4 is 16.1 Å². The molecule has 0 saturated carbocycles. The maximum absolute atomic E-state index is 14.4. The smallest absolute Gasteiger partial charge is 0.406 e. The summed E-state index contributed by atoms with van der Waals surface area (Å²) in [4.78, 5) is 61.0. The van der Waals surface area contributed by atoms with Gasteiger partial charge in [0.15, 0.2) is 0 Å². The number of aliphatic hydroxyl groups excluding tert-OH is 1. The minimum atomic E-state index is -1.13. The fraction of sp³-hybridized carbons (Fsp3) is 0.488. The number of hydrazine groups is 1. The number of alkyl carbamates (subject to hydrolysis) is 1. The summed E-state index contributed by atoms with van der Waals surface area (Å²) >= 11 is 0. The normalized spacial score (nSPS) is 15.1. The summed E-state index contributed by atoms with van der Waals surface area (Å²) in [6.07, 6.45) is 2.17. The van der Waals surface area contributed by atoms with Crippen LogP contribution in [0.4, 0.5) is 9.59 Å². The summed E-state index contributed by atoms with van der Waals surface area (Å²) < 4.78 is 4.68. The first-order valence-electron chi connectivity index (χ1n) is 18.4. The lowest BCUT2D eigenvalue weighted by Gasteiger charge is -2.38. The summed E-state index contributed by atoms with van der Waals surface area (Å²) in [6, 6.07) is 19.2. The zero-order valence-corrected chi connectivity index (χ0v) is 32.7. The van der Waals surface area contributed by atoms with Gasteiger partial charge in [-0.05, 0) is 52.5 Å². The van der Waals surface area contributed by atoms with Gasteiger partial charge in [0.05, 0.1) is 19.3 Å². The highest BCUT2D eigenvalue weighted by atomic mass is 16.5. The number of nitrogens with zero attached hydrogens (tertiary/aromatic N) is 4. The predicted molar refractivity (Wildman–Crippen MR) is 207 cm³/mol. The third-order valence-corrected chi connectivity index (χ3v) is 9.55. The fourth-order valence-electron chi connectivity index (χ4n) is 6.67. The summed E-state index contributed by atoms with van der Waals surface area (Å²) in [5.74, 6) is -0.668. The molecule has 1 aromatic heterocycles. The fourth-order valence-corrected chi connectivity index (χ4v) is 6.67. The van der Waals surface area contributed by atoms with Gasteiger partial charge in [-0.3, -0.25) is 20.0 Å². The van der Waals surface area contributed by atoms with Gasteiger partial charge in [-0.15, -0.1) is 0 Å². The van der Waals surface area contributed by atoms with E-state index >= 15 is 0 Å². The number of ether oxygens (including phenoxy) is 1. The molecular weight excluding hydrogens is 686 g/mol. The Morgan fingerprint density at radius 2 is 1.61 bits per heavy atom. The minimum absolute atomic E-state index is 0.0136. The summed E-state index contributed by atoms with van der Waals surface area (Å²) in [6.45, 7) is 13.2. The molecule has 3 unspecified atom stereocenters. The summed E-state index contributed by atoms with van der Waals surface area (Å²) in [7, 11) is 1.28. The number of rotatable bonds is 17. The zero-order valence-electron chi connectivity index (χ0n) is 32.7. The molecular formula is C41H57N7O6. The molecule has 1 aliphatic heterocycles. The van der Waals surface area contributed by atoms with Gasteiger partial charge in [0.1, 0.15) is 6.04 Å². The lowest BCUT2D eigenvalue weighted by atomic mass is 9.84. The topological polar surface area (TPSA) is 156 Å². The molecule has 13 heteroatoms. The van der Waals surface area contributed by atoms with Gasteiger partial charge in [-0.2, -0.15) is 0 Å². The highest BCUT2D eigenvalue weighted by molar-refractivity contribution is 5.89. The highest BCUT2D eigenvalue weighted by Crippen LogP contribution is 2.29. The van der Waals surface area contributed by atoms with E-state index in [1.54, 1.807) is 27.2 Å². The van der Waals surface area contributed by atoms with Crippen molar-refractivity contribution in [3.63, 3.8) is 0 Å². The van der Waals surface area contributed by atoms with E-state index in [9.17, 15) is 24.3 Å². The van der Waals surface area contributed by atoms with Crippen LogP contribution >= 0.6 is 0 Å². The second-order valence-corrected chi connectivity index (χ2v) is 15.9. The van der Waals surface area contributed by atoms with Crippen LogP contribution in [0.15, 0.2) is 79.1 Å². The summed E-state index contributed by atoms with van der Waals surface area (Å²) in [5.41, 5.74) is 5.54. The molecule has 0 radical (unpaired) electrons. The van der Waals surface area contributed by atoms with E-state index in [0.29, 0.717) is 26.1 Å². The lowest BCUT2D eigenvalue weighted by molar-refractivity contribution is -0.132. The van der Waals surface area contributed by atoms with Gasteiger partial charge in [0.2, 0.25) is 11.8 Å². The maximum Gasteiger partial charge on any atom is 0.406 e. The molecule has 1 fully saturated rings. The third-order valence-electron chi connectivity index (χ3n) is 9.55. The van der Waals surface area contributed by atoms with Crippen LogP contribution in [-0.4, -0.2) is 100 Å². The number of carbonyl (C=O) groups is 4. The minimum Gasteiger partial charge on any atom is -0.453 e. The van der Waals surface area contributed by atoms with E-state index in [4.69, 9.17) is 0 Å². The zero-order chi connectivity index (χ0) is 39.5. The Labute approximate surface area is 319 Å². The molecule has 292 valence electrons. The van der Waals surface area contributed by atoms with E-state index in [2.05, 4.69) is 25.8 Å². The number of nitrogens with one attached hydrogen (secondary N) is 3. The number of amides is 5. The van der Waals surface area contributed by atoms with E-state index in [0.717, 1.165) is 22.3 Å². The van der Waals surface area contributed by atoms with Gasteiger partial charge in [0, 0.05) is 58.1 Å². The van der Waals surface area contributed by atoms with Crippen LogP contribution in [0.5, 0.6) is 0 Å². The molecule has 2 aromatic carbocycles. The molecule has 0 aliphatic carbocycles. The van der Waals surface area contributed by atoms with Crippen molar-refractivity contribution in [3.8, 4) is 0 Å². The van der Waals surface area contributed by atoms with Crippen molar-refractivity contribution in [1.82, 2.24) is 35.9 Å². The Kier molecular flexibility index (Phi) is 14.6. The SMILES string of the molecule is COC(=O)NCC(C)(C)CC(=O)NN(Cc1ccccc1)CC(O)C(Cc1ccccc1)NC(=O)C(N1CCN(Cc2cnccc2C)C1=O)C(C)(C)C. The average molecular weight is 744 g/mol. The molecule has 54 heavy (non-hydrogen) atoms. The predicted octanol–water partition coefficient (Wildman–Crippen LogP) is 4.44. The molecule has 4 N–H and O–H groups in total. The van der Waals surface area contributed by atoms with Crippen molar-refractivity contribution in [2.24, 2.45) is 10.8 Å². The number of urea groups is 1. The Hall–Kier alpha value is -5.01. The van der Waals surface area contributed by atoms with Crippen molar-refractivity contribution < 1.29 is 29.0 Å². The molecule has 3 aromatic rings. The largest absolute Gasteiger partial charge is 0.453 e. The Bertz CT molecular complexity index is 1700. The number of aryl methyl sites for hydroxylation is 1. The lowest BCUT2D eigenvalue weighted by Crippen LogP contribution is -2.59. The van der Waals surface area contributed by atoms with Crippen LogP contribution in [0.25, 0.3) is 0 Å². The maximum atomic E-state index is 14.4. The van der Waals surface area contributed by atoms with E-state index in [1.807, 2.05) is 108 Å². The molecule has 0 bridgehead atoms. The first-order valence-corrected chi connectivity index (χ1v) is 18.4. The highest BCUT2D eigenvalue weighted by Gasteiger charge is 2.44. The molecule has 3 atom stereocenters. The van der Waals surface area contributed by atoms with E-state index in [1.165, 1.54) is 7.11 Å². The van der Waals surface area contributed by atoms with Crippen molar-refractivity contribution >= 4 is 23.9 Å². The quantitative estimate of drug-likeness (QED) is 0.148. The van der Waals surface area contributed by atoms with Gasteiger partial charge < -0.3 is 30.3 Å². The number of hydrogen-bond donors (Lipinski definition) is 4. The first kappa shape index (κ1) is 41.7. The average Bonchev–Trinajstić information content (AvgIpc) is 3.46. The molecule has 5 amide bonds. The Morgan fingerprint density at radius 1 is 0.963 bits per heavy atom. The van der Waals surface area contributed by atoms with Crippen LogP contribution in [0.3, 0.4) is 0 Å². The Morgan fingerprint density at radius 3 is 2.22 bits per heavy atom. The Balaban J connectivity index is 1.55. The first-order chi connectivity index (χ1) is 25.6. The molecule has 4 rings (SSSR count). The van der Waals surface area contributed by atoms with Crippen molar-refractivity contribution in [3.05, 3.63) is 101 Å². The molecule has 0 spiro atoms. The third kappa shape index (κ3) is 12.3. The summed E-state index contributed by atoms with van der Waals surface area (Å²) in [5, 5.41) is 19.4. The number of aromatic nitrogens is 1. The van der Waals surface area contributed by atoms with Crippen LogP contribution in [0.1, 0.15) is 63.3 Å². The molecule has 1 saturated heterocycles. The molecule has 1 aliphatic rings. The molecule has 13 nitrogen and oxygen atoms in total. The number of methoxy groups -OCH3 is 1. The van der Waals surface area contributed by atoms with Crippen molar-refractivity contribution in [2.75, 3.05) is 33.3 Å². The number of pyridine rings is 1. The second-order valence-electron chi connectivity index (χ2n) is 15.9.